The molecule has 0 amide bonds. The van der Waals surface area contributed by atoms with Gasteiger partial charge in [0.2, 0.25) is 0 Å². The molecule has 0 aromatic carbocycles. The number of carbonyl (C=O) groups is 2. The third-order valence-corrected chi connectivity index (χ3v) is 1.15. The largest absolute Gasteiger partial charge is 0.457 e. The Morgan fingerprint density at radius 1 is 1.54 bits per heavy atom. The first-order chi connectivity index (χ1) is 5.93. The summed E-state index contributed by atoms with van der Waals surface area (Å²) in [7, 11) is 0. The van der Waals surface area contributed by atoms with Crippen LogP contribution in [0.1, 0.15) is 13.8 Å². The van der Waals surface area contributed by atoms with E-state index in [4.69, 9.17) is 11.6 Å². The van der Waals surface area contributed by atoms with Gasteiger partial charge in [-0.1, -0.05) is 18.2 Å². The van der Waals surface area contributed by atoms with Crippen LogP contribution in [-0.4, -0.2) is 24.6 Å². The van der Waals surface area contributed by atoms with Crippen molar-refractivity contribution in [1.29, 1.82) is 0 Å². The van der Waals surface area contributed by atoms with Gasteiger partial charge >= 0.3 is 11.9 Å². The smallest absolute Gasteiger partial charge is 0.347 e. The third kappa shape index (κ3) is 6.16. The van der Waals surface area contributed by atoms with Crippen molar-refractivity contribution in [2.45, 2.75) is 20.0 Å². The molecule has 13 heavy (non-hydrogen) atoms. The maximum absolute atomic E-state index is 11.0. The lowest BCUT2D eigenvalue weighted by Crippen LogP contribution is -2.25. The molecule has 1 atom stereocenters. The van der Waals surface area contributed by atoms with Crippen LogP contribution in [0.15, 0.2) is 11.6 Å². The molecule has 1 unspecified atom stereocenters. The summed E-state index contributed by atoms with van der Waals surface area (Å²) in [6.45, 7) is 5.88. The zero-order chi connectivity index (χ0) is 10.4. The van der Waals surface area contributed by atoms with Crippen molar-refractivity contribution in [2.75, 3.05) is 6.61 Å². The molecule has 0 fully saturated rings. The Morgan fingerprint density at radius 2 is 2.08 bits per heavy atom. The van der Waals surface area contributed by atoms with E-state index in [0.29, 0.717) is 0 Å². The minimum absolute atomic E-state index is 0.0774. The van der Waals surface area contributed by atoms with Crippen LogP contribution in [0.5, 0.6) is 0 Å². The number of halogens is 1. The fraction of sp³-hybridized carbons (Fsp3) is 0.500. The summed E-state index contributed by atoms with van der Waals surface area (Å²) < 4.78 is 9.18. The molecular formula is C8H11ClO4. The van der Waals surface area contributed by atoms with E-state index in [1.165, 1.54) is 13.8 Å². The quantitative estimate of drug-likeness (QED) is 0.650. The van der Waals surface area contributed by atoms with Crippen molar-refractivity contribution >= 4 is 23.5 Å². The van der Waals surface area contributed by atoms with Crippen LogP contribution in [0.3, 0.4) is 0 Å². The highest BCUT2D eigenvalue weighted by Gasteiger charge is 2.16. The second-order valence-electron chi connectivity index (χ2n) is 2.38. The SMILES string of the molecule is C=C(Cl)COC(=O)C(C)OC(C)=O. The maximum Gasteiger partial charge on any atom is 0.347 e. The number of carbonyl (C=O) groups excluding carboxylic acids is 2. The third-order valence-electron chi connectivity index (χ3n) is 1.05. The Kier molecular flexibility index (Phi) is 5.14. The molecule has 0 bridgehead atoms. The fourth-order valence-corrected chi connectivity index (χ4v) is 0.618. The minimum Gasteiger partial charge on any atom is -0.457 e. The molecule has 0 spiro atoms. The van der Waals surface area contributed by atoms with Crippen LogP contribution in [-0.2, 0) is 19.1 Å². The molecule has 74 valence electrons. The summed E-state index contributed by atoms with van der Waals surface area (Å²) in [4.78, 5) is 21.4. The van der Waals surface area contributed by atoms with Crippen molar-refractivity contribution in [1.82, 2.24) is 0 Å². The van der Waals surface area contributed by atoms with Gasteiger partial charge in [-0.15, -0.1) is 0 Å². The van der Waals surface area contributed by atoms with Gasteiger partial charge in [-0.2, -0.15) is 0 Å². The Balaban J connectivity index is 3.82. The Labute approximate surface area is 81.5 Å². The number of hydrogen-bond acceptors (Lipinski definition) is 4. The Hall–Kier alpha value is -1.03. The summed E-state index contributed by atoms with van der Waals surface area (Å²) in [5, 5.41) is 0.211. The zero-order valence-corrected chi connectivity index (χ0v) is 8.26. The zero-order valence-electron chi connectivity index (χ0n) is 7.50. The number of hydrogen-bond donors (Lipinski definition) is 0. The van der Waals surface area contributed by atoms with Gasteiger partial charge in [-0.25, -0.2) is 4.79 Å². The number of esters is 2. The minimum atomic E-state index is -0.909. The van der Waals surface area contributed by atoms with E-state index in [2.05, 4.69) is 16.1 Å². The van der Waals surface area contributed by atoms with Crippen LogP contribution < -0.4 is 0 Å². The summed E-state index contributed by atoms with van der Waals surface area (Å²) in [6.07, 6.45) is -0.909. The second kappa shape index (κ2) is 5.59. The number of rotatable bonds is 4. The molecule has 0 rings (SSSR count). The predicted octanol–water partition coefficient (Wildman–Crippen LogP) is 1.23. The van der Waals surface area contributed by atoms with E-state index in [1.54, 1.807) is 0 Å². The Bertz CT molecular complexity index is 224. The molecular weight excluding hydrogens is 196 g/mol. The van der Waals surface area contributed by atoms with Gasteiger partial charge in [0.15, 0.2) is 6.10 Å². The van der Waals surface area contributed by atoms with Crippen molar-refractivity contribution in [3.05, 3.63) is 11.6 Å². The fourth-order valence-electron chi connectivity index (χ4n) is 0.564. The van der Waals surface area contributed by atoms with Gasteiger partial charge in [0, 0.05) is 12.0 Å². The molecule has 0 saturated heterocycles. The predicted molar refractivity (Wildman–Crippen MR) is 47.2 cm³/mol. The molecule has 0 saturated carbocycles. The van der Waals surface area contributed by atoms with Gasteiger partial charge in [0.1, 0.15) is 6.61 Å². The second-order valence-corrected chi connectivity index (χ2v) is 2.91. The van der Waals surface area contributed by atoms with Crippen LogP contribution >= 0.6 is 11.6 Å². The molecule has 5 heteroatoms. The van der Waals surface area contributed by atoms with Gasteiger partial charge in [0.25, 0.3) is 0 Å². The van der Waals surface area contributed by atoms with E-state index in [9.17, 15) is 9.59 Å². The number of ether oxygens (including phenoxy) is 2. The van der Waals surface area contributed by atoms with Crippen molar-refractivity contribution in [2.24, 2.45) is 0 Å². The molecule has 0 N–H and O–H groups in total. The monoisotopic (exact) mass is 206 g/mol. The van der Waals surface area contributed by atoms with Crippen LogP contribution in [0.4, 0.5) is 0 Å². The first-order valence-corrected chi connectivity index (χ1v) is 3.98. The topological polar surface area (TPSA) is 52.6 Å². The molecule has 4 nitrogen and oxygen atoms in total. The van der Waals surface area contributed by atoms with E-state index >= 15 is 0 Å². The standard InChI is InChI=1S/C8H11ClO4/c1-5(9)4-12-8(11)6(2)13-7(3)10/h6H,1,4H2,2-3H3. The highest BCUT2D eigenvalue weighted by atomic mass is 35.5. The van der Waals surface area contributed by atoms with Crippen molar-refractivity contribution < 1.29 is 19.1 Å². The molecule has 0 aliphatic rings. The summed E-state index contributed by atoms with van der Waals surface area (Å²) in [6, 6.07) is 0. The average molecular weight is 207 g/mol. The highest BCUT2D eigenvalue weighted by Crippen LogP contribution is 2.00. The molecule has 0 aliphatic heterocycles. The van der Waals surface area contributed by atoms with Gasteiger partial charge in [-0.3, -0.25) is 4.79 Å². The molecule has 0 heterocycles. The molecule has 0 aromatic heterocycles. The summed E-state index contributed by atoms with van der Waals surface area (Å²) >= 11 is 5.35. The lowest BCUT2D eigenvalue weighted by molar-refractivity contribution is -0.164. The molecule has 0 radical (unpaired) electrons. The van der Waals surface area contributed by atoms with E-state index in [0.717, 1.165) is 0 Å². The Morgan fingerprint density at radius 3 is 2.46 bits per heavy atom. The van der Waals surface area contributed by atoms with Gasteiger partial charge in [0.05, 0.1) is 0 Å². The van der Waals surface area contributed by atoms with Gasteiger partial charge in [-0.05, 0) is 6.92 Å². The van der Waals surface area contributed by atoms with Crippen LogP contribution in [0.25, 0.3) is 0 Å². The van der Waals surface area contributed by atoms with E-state index < -0.39 is 18.0 Å². The summed E-state index contributed by atoms with van der Waals surface area (Å²) in [5.41, 5.74) is 0. The molecule has 0 aliphatic carbocycles. The lowest BCUT2D eigenvalue weighted by atomic mass is 10.4. The highest BCUT2D eigenvalue weighted by molar-refractivity contribution is 6.29. The van der Waals surface area contributed by atoms with E-state index in [1.807, 2.05) is 0 Å². The maximum atomic E-state index is 11.0. The van der Waals surface area contributed by atoms with Crippen molar-refractivity contribution in [3.63, 3.8) is 0 Å². The van der Waals surface area contributed by atoms with Gasteiger partial charge < -0.3 is 9.47 Å². The van der Waals surface area contributed by atoms with Crippen molar-refractivity contribution in [3.8, 4) is 0 Å². The van der Waals surface area contributed by atoms with E-state index in [-0.39, 0.29) is 11.6 Å². The first kappa shape index (κ1) is 12.0. The first-order valence-electron chi connectivity index (χ1n) is 3.60. The molecule has 0 aromatic rings. The summed E-state index contributed by atoms with van der Waals surface area (Å²) in [5.74, 6) is -1.17. The van der Waals surface area contributed by atoms with Crippen LogP contribution in [0.2, 0.25) is 0 Å². The average Bonchev–Trinajstić information content (AvgIpc) is 1.98. The normalized spacial score (nSPS) is 11.6. The lowest BCUT2D eigenvalue weighted by Gasteiger charge is -2.10. The van der Waals surface area contributed by atoms with Crippen LogP contribution in [0, 0.1) is 0 Å².